The summed E-state index contributed by atoms with van der Waals surface area (Å²) in [5.41, 5.74) is 0.324. The molecule has 0 radical (unpaired) electrons. The fourth-order valence-electron chi connectivity index (χ4n) is 1.22. The van der Waals surface area contributed by atoms with Gasteiger partial charge in [-0.15, -0.1) is 0 Å². The summed E-state index contributed by atoms with van der Waals surface area (Å²) in [7, 11) is 0. The summed E-state index contributed by atoms with van der Waals surface area (Å²) < 4.78 is 15.1. The number of hydrogen-bond acceptors (Lipinski definition) is 2. The molecule has 17 heavy (non-hydrogen) atoms. The summed E-state index contributed by atoms with van der Waals surface area (Å²) in [5, 5.41) is 3.24. The van der Waals surface area contributed by atoms with Crippen LogP contribution in [0.1, 0.15) is 0 Å². The zero-order valence-corrected chi connectivity index (χ0v) is 12.3. The highest BCUT2D eigenvalue weighted by molar-refractivity contribution is 9.11. The monoisotopic (exact) mass is 378 g/mol. The first-order valence-electron chi connectivity index (χ1n) is 4.59. The van der Waals surface area contributed by atoms with Gasteiger partial charge in [0.15, 0.2) is 0 Å². The van der Waals surface area contributed by atoms with Crippen LogP contribution >= 0.6 is 43.5 Å². The molecule has 1 heterocycles. The van der Waals surface area contributed by atoms with Gasteiger partial charge in [-0.05, 0) is 56.1 Å². The molecule has 2 rings (SSSR count). The highest BCUT2D eigenvalue weighted by Gasteiger charge is 2.07. The zero-order chi connectivity index (χ0) is 12.4. The average Bonchev–Trinajstić information content (AvgIpc) is 2.25. The Morgan fingerprint density at radius 1 is 1.24 bits per heavy atom. The maximum absolute atomic E-state index is 13.5. The van der Waals surface area contributed by atoms with Crippen LogP contribution in [0.2, 0.25) is 5.02 Å². The molecule has 1 aromatic carbocycles. The van der Waals surface area contributed by atoms with E-state index in [2.05, 4.69) is 42.2 Å². The van der Waals surface area contributed by atoms with Gasteiger partial charge >= 0.3 is 0 Å². The lowest BCUT2D eigenvalue weighted by Crippen LogP contribution is -1.97. The van der Waals surface area contributed by atoms with Crippen molar-refractivity contribution in [1.82, 2.24) is 4.98 Å². The largest absolute Gasteiger partial charge is 0.337 e. The fourth-order valence-corrected chi connectivity index (χ4v) is 2.47. The Morgan fingerprint density at radius 3 is 2.65 bits per heavy atom. The van der Waals surface area contributed by atoms with Crippen molar-refractivity contribution >= 4 is 55.0 Å². The van der Waals surface area contributed by atoms with Crippen LogP contribution in [0.3, 0.4) is 0 Å². The van der Waals surface area contributed by atoms with E-state index in [4.69, 9.17) is 11.6 Å². The molecule has 0 bridgehead atoms. The number of hydrogen-bond donors (Lipinski definition) is 1. The van der Waals surface area contributed by atoms with Gasteiger partial charge in [0.2, 0.25) is 0 Å². The van der Waals surface area contributed by atoms with Crippen LogP contribution in [0.25, 0.3) is 0 Å². The summed E-state index contributed by atoms with van der Waals surface area (Å²) in [5.74, 6) is 0.114. The molecule has 0 spiro atoms. The van der Waals surface area contributed by atoms with Crippen molar-refractivity contribution in [1.29, 1.82) is 0 Å². The molecule has 0 saturated carbocycles. The number of pyridine rings is 1. The standard InChI is InChI=1S/C11H6Br2ClFN2/c12-6-3-8(13)11(16-5-6)17-10-2-1-7(14)4-9(10)15/h1-5H,(H,16,17). The lowest BCUT2D eigenvalue weighted by atomic mass is 10.3. The smallest absolute Gasteiger partial charge is 0.148 e. The molecular weight excluding hydrogens is 374 g/mol. The first kappa shape index (κ1) is 12.8. The van der Waals surface area contributed by atoms with E-state index in [1.54, 1.807) is 18.3 Å². The number of nitrogens with one attached hydrogen (secondary N) is 1. The van der Waals surface area contributed by atoms with E-state index < -0.39 is 5.82 Å². The predicted molar refractivity (Wildman–Crippen MR) is 74.3 cm³/mol. The number of benzene rings is 1. The van der Waals surface area contributed by atoms with Crippen LogP contribution in [-0.4, -0.2) is 4.98 Å². The van der Waals surface area contributed by atoms with Crippen LogP contribution < -0.4 is 5.32 Å². The highest BCUT2D eigenvalue weighted by atomic mass is 79.9. The van der Waals surface area contributed by atoms with Gasteiger partial charge in [-0.2, -0.15) is 0 Å². The Labute approximate surface area is 119 Å². The van der Waals surface area contributed by atoms with E-state index in [1.165, 1.54) is 6.07 Å². The van der Waals surface area contributed by atoms with Crippen molar-refractivity contribution in [2.75, 3.05) is 5.32 Å². The third kappa shape index (κ3) is 3.18. The van der Waals surface area contributed by atoms with Crippen LogP contribution in [0.5, 0.6) is 0 Å². The molecule has 0 atom stereocenters. The van der Waals surface area contributed by atoms with Crippen LogP contribution in [0.15, 0.2) is 39.4 Å². The first-order chi connectivity index (χ1) is 8.06. The summed E-state index contributed by atoms with van der Waals surface area (Å²) in [6, 6.07) is 6.24. The average molecular weight is 380 g/mol. The van der Waals surface area contributed by atoms with E-state index in [0.717, 1.165) is 8.95 Å². The molecule has 1 aromatic heterocycles. The summed E-state index contributed by atoms with van der Waals surface area (Å²) in [6.45, 7) is 0. The van der Waals surface area contributed by atoms with Gasteiger partial charge in [0.1, 0.15) is 11.6 Å². The SMILES string of the molecule is Fc1cc(Cl)ccc1Nc1ncc(Br)cc1Br. The molecule has 0 amide bonds. The maximum Gasteiger partial charge on any atom is 0.148 e. The molecule has 0 aliphatic heterocycles. The van der Waals surface area contributed by atoms with Crippen molar-refractivity contribution in [3.05, 3.63) is 50.2 Å². The minimum Gasteiger partial charge on any atom is -0.337 e. The zero-order valence-electron chi connectivity index (χ0n) is 8.35. The molecule has 0 unspecified atom stereocenters. The molecule has 2 nitrogen and oxygen atoms in total. The van der Waals surface area contributed by atoms with Gasteiger partial charge in [0, 0.05) is 15.7 Å². The lowest BCUT2D eigenvalue weighted by Gasteiger charge is -2.08. The van der Waals surface area contributed by atoms with E-state index in [0.29, 0.717) is 16.5 Å². The van der Waals surface area contributed by atoms with Crippen LogP contribution in [0, 0.1) is 5.82 Å². The van der Waals surface area contributed by atoms with Crippen molar-refractivity contribution in [2.24, 2.45) is 0 Å². The van der Waals surface area contributed by atoms with E-state index >= 15 is 0 Å². The predicted octanol–water partition coefficient (Wildman–Crippen LogP) is 5.14. The molecule has 88 valence electrons. The van der Waals surface area contributed by atoms with E-state index in [9.17, 15) is 4.39 Å². The minimum atomic E-state index is -0.422. The van der Waals surface area contributed by atoms with Gasteiger partial charge in [-0.25, -0.2) is 9.37 Å². The first-order valence-corrected chi connectivity index (χ1v) is 6.56. The molecule has 0 saturated heterocycles. The molecule has 1 N–H and O–H groups in total. The van der Waals surface area contributed by atoms with Gasteiger partial charge in [-0.3, -0.25) is 0 Å². The highest BCUT2D eigenvalue weighted by Crippen LogP contribution is 2.28. The second-order valence-corrected chi connectivity index (χ2v) is 5.44. The second-order valence-electron chi connectivity index (χ2n) is 3.23. The Kier molecular flexibility index (Phi) is 4.01. The Morgan fingerprint density at radius 2 is 2.00 bits per heavy atom. The van der Waals surface area contributed by atoms with E-state index in [-0.39, 0.29) is 0 Å². The molecule has 6 heteroatoms. The second kappa shape index (κ2) is 5.33. The summed E-state index contributed by atoms with van der Waals surface area (Å²) in [4.78, 5) is 4.13. The Bertz CT molecular complexity index is 514. The quantitative estimate of drug-likeness (QED) is 0.780. The summed E-state index contributed by atoms with van der Waals surface area (Å²) in [6.07, 6.45) is 1.63. The summed E-state index contributed by atoms with van der Waals surface area (Å²) >= 11 is 12.3. The minimum absolute atomic E-state index is 0.324. The van der Waals surface area contributed by atoms with Gasteiger partial charge in [-0.1, -0.05) is 11.6 Å². The molecular formula is C11H6Br2ClFN2. The fraction of sp³-hybridized carbons (Fsp3) is 0. The normalized spacial score (nSPS) is 10.4. The van der Waals surface area contributed by atoms with Gasteiger partial charge in [0.25, 0.3) is 0 Å². The molecule has 2 aromatic rings. The van der Waals surface area contributed by atoms with Crippen molar-refractivity contribution in [2.45, 2.75) is 0 Å². The topological polar surface area (TPSA) is 24.9 Å². The number of nitrogens with zero attached hydrogens (tertiary/aromatic N) is 1. The van der Waals surface area contributed by atoms with Crippen molar-refractivity contribution in [3.8, 4) is 0 Å². The molecule has 0 aliphatic rings. The number of halogens is 4. The maximum atomic E-state index is 13.5. The van der Waals surface area contributed by atoms with Gasteiger partial charge < -0.3 is 5.32 Å². The number of aromatic nitrogens is 1. The Balaban J connectivity index is 2.31. The molecule has 0 aliphatic carbocycles. The number of anilines is 2. The Hall–Kier alpha value is -0.650. The van der Waals surface area contributed by atoms with Crippen LogP contribution in [0.4, 0.5) is 15.9 Å². The van der Waals surface area contributed by atoms with Crippen molar-refractivity contribution < 1.29 is 4.39 Å². The third-order valence-electron chi connectivity index (χ3n) is 1.99. The number of rotatable bonds is 2. The van der Waals surface area contributed by atoms with Crippen molar-refractivity contribution in [3.63, 3.8) is 0 Å². The third-order valence-corrected chi connectivity index (χ3v) is 3.27. The molecule has 0 fully saturated rings. The van der Waals surface area contributed by atoms with Crippen LogP contribution in [-0.2, 0) is 0 Å². The van der Waals surface area contributed by atoms with Gasteiger partial charge in [0.05, 0.1) is 10.2 Å². The lowest BCUT2D eigenvalue weighted by molar-refractivity contribution is 0.632. The van der Waals surface area contributed by atoms with E-state index in [1.807, 2.05) is 6.07 Å².